The van der Waals surface area contributed by atoms with Crippen LogP contribution in [0.15, 0.2) is 6.20 Å². The van der Waals surface area contributed by atoms with Crippen LogP contribution in [0.4, 0.5) is 0 Å². The van der Waals surface area contributed by atoms with Crippen molar-refractivity contribution in [3.05, 3.63) is 17.5 Å². The van der Waals surface area contributed by atoms with Crippen LogP contribution in [0.1, 0.15) is 28.9 Å². The van der Waals surface area contributed by atoms with Crippen LogP contribution < -0.4 is 0 Å². The number of hydrogen-bond donors (Lipinski definition) is 1. The van der Waals surface area contributed by atoms with Crippen LogP contribution in [0.25, 0.3) is 0 Å². The number of hydrogen-bond acceptors (Lipinski definition) is 3. The average Bonchev–Trinajstić information content (AvgIpc) is 2.56. The number of carboxylic acids is 1. The number of carbonyl (C=O) groups excluding carboxylic acids is 1. The SMILES string of the molecule is Cc1cn(C)nc1C(=O)N(C)CCCC(=O)O. The Hall–Kier alpha value is -1.85. The van der Waals surface area contributed by atoms with E-state index in [2.05, 4.69) is 5.10 Å². The van der Waals surface area contributed by atoms with E-state index in [1.807, 2.05) is 6.92 Å². The number of aliphatic carboxylic acids is 1. The number of carbonyl (C=O) groups is 2. The number of amides is 1. The van der Waals surface area contributed by atoms with Crippen molar-refractivity contribution in [2.45, 2.75) is 19.8 Å². The lowest BCUT2D eigenvalue weighted by molar-refractivity contribution is -0.137. The van der Waals surface area contributed by atoms with Crippen LogP contribution in [0.3, 0.4) is 0 Å². The lowest BCUT2D eigenvalue weighted by atomic mass is 10.2. The fourth-order valence-electron chi connectivity index (χ4n) is 1.57. The molecule has 0 aromatic carbocycles. The van der Waals surface area contributed by atoms with Gasteiger partial charge < -0.3 is 10.0 Å². The molecule has 0 unspecified atom stereocenters. The molecule has 1 rings (SSSR count). The third kappa shape index (κ3) is 3.58. The molecule has 94 valence electrons. The largest absolute Gasteiger partial charge is 0.481 e. The third-order valence-electron chi connectivity index (χ3n) is 2.45. The van der Waals surface area contributed by atoms with Crippen molar-refractivity contribution < 1.29 is 14.7 Å². The van der Waals surface area contributed by atoms with Gasteiger partial charge in [-0.05, 0) is 13.3 Å². The first-order chi connectivity index (χ1) is 7.91. The molecule has 0 atom stereocenters. The van der Waals surface area contributed by atoms with Gasteiger partial charge in [-0.2, -0.15) is 5.10 Å². The molecule has 6 nitrogen and oxygen atoms in total. The summed E-state index contributed by atoms with van der Waals surface area (Å²) in [6.07, 6.45) is 2.29. The van der Waals surface area contributed by atoms with Crippen LogP contribution in [0.5, 0.6) is 0 Å². The van der Waals surface area contributed by atoms with Crippen molar-refractivity contribution in [1.82, 2.24) is 14.7 Å². The third-order valence-corrected chi connectivity index (χ3v) is 2.45. The van der Waals surface area contributed by atoms with Gasteiger partial charge in [-0.1, -0.05) is 0 Å². The Bertz CT molecular complexity index is 426. The summed E-state index contributed by atoms with van der Waals surface area (Å²) < 4.78 is 1.59. The second kappa shape index (κ2) is 5.47. The number of rotatable bonds is 5. The molecular formula is C11H17N3O3. The van der Waals surface area contributed by atoms with E-state index in [1.165, 1.54) is 4.90 Å². The Balaban J connectivity index is 2.57. The molecule has 1 aromatic heterocycles. The monoisotopic (exact) mass is 239 g/mol. The molecule has 0 aliphatic carbocycles. The van der Waals surface area contributed by atoms with Crippen LogP contribution in [-0.2, 0) is 11.8 Å². The lowest BCUT2D eigenvalue weighted by Gasteiger charge is -2.15. The van der Waals surface area contributed by atoms with E-state index in [0.29, 0.717) is 18.7 Å². The highest BCUT2D eigenvalue weighted by Gasteiger charge is 2.17. The van der Waals surface area contributed by atoms with Crippen LogP contribution in [0.2, 0.25) is 0 Å². The van der Waals surface area contributed by atoms with Gasteiger partial charge in [0.15, 0.2) is 5.69 Å². The average molecular weight is 239 g/mol. The fourth-order valence-corrected chi connectivity index (χ4v) is 1.57. The predicted molar refractivity (Wildman–Crippen MR) is 61.8 cm³/mol. The first kappa shape index (κ1) is 13.2. The molecule has 1 heterocycles. The highest BCUT2D eigenvalue weighted by Crippen LogP contribution is 2.07. The van der Waals surface area contributed by atoms with Crippen molar-refractivity contribution in [1.29, 1.82) is 0 Å². The molecule has 1 amide bonds. The van der Waals surface area contributed by atoms with Gasteiger partial charge in [0.25, 0.3) is 5.91 Å². The lowest BCUT2D eigenvalue weighted by Crippen LogP contribution is -2.29. The zero-order valence-electron chi connectivity index (χ0n) is 10.3. The number of nitrogens with zero attached hydrogens (tertiary/aromatic N) is 3. The smallest absolute Gasteiger partial charge is 0.303 e. The van der Waals surface area contributed by atoms with Crippen molar-refractivity contribution in [3.63, 3.8) is 0 Å². The Morgan fingerprint density at radius 2 is 2.18 bits per heavy atom. The van der Waals surface area contributed by atoms with E-state index in [0.717, 1.165) is 5.56 Å². The first-order valence-electron chi connectivity index (χ1n) is 5.39. The van der Waals surface area contributed by atoms with Gasteiger partial charge in [0.1, 0.15) is 0 Å². The second-order valence-corrected chi connectivity index (χ2v) is 4.06. The summed E-state index contributed by atoms with van der Waals surface area (Å²) >= 11 is 0. The second-order valence-electron chi connectivity index (χ2n) is 4.06. The molecule has 0 aliphatic heterocycles. The van der Waals surface area contributed by atoms with Crippen molar-refractivity contribution in [2.24, 2.45) is 7.05 Å². The molecule has 0 bridgehead atoms. The summed E-state index contributed by atoms with van der Waals surface area (Å²) in [5.74, 6) is -1.02. The van der Waals surface area contributed by atoms with Gasteiger partial charge in [-0.15, -0.1) is 0 Å². The van der Waals surface area contributed by atoms with E-state index in [9.17, 15) is 9.59 Å². The minimum absolute atomic E-state index is 0.0683. The van der Waals surface area contributed by atoms with E-state index in [-0.39, 0.29) is 12.3 Å². The molecule has 0 aliphatic rings. The van der Waals surface area contributed by atoms with Crippen LogP contribution in [0, 0.1) is 6.92 Å². The highest BCUT2D eigenvalue weighted by molar-refractivity contribution is 5.93. The summed E-state index contributed by atoms with van der Waals surface area (Å²) in [5.41, 5.74) is 1.24. The van der Waals surface area contributed by atoms with E-state index in [1.54, 1.807) is 25.0 Å². The fraction of sp³-hybridized carbons (Fsp3) is 0.545. The van der Waals surface area contributed by atoms with Crippen molar-refractivity contribution in [2.75, 3.05) is 13.6 Å². The van der Waals surface area contributed by atoms with E-state index in [4.69, 9.17) is 5.11 Å². The molecule has 0 fully saturated rings. The zero-order valence-corrected chi connectivity index (χ0v) is 10.3. The van der Waals surface area contributed by atoms with Gasteiger partial charge in [-0.25, -0.2) is 0 Å². The molecule has 17 heavy (non-hydrogen) atoms. The maximum atomic E-state index is 12.0. The molecule has 0 spiro atoms. The number of carboxylic acid groups (broad SMARTS) is 1. The van der Waals surface area contributed by atoms with Gasteiger partial charge in [-0.3, -0.25) is 14.3 Å². The van der Waals surface area contributed by atoms with Crippen LogP contribution in [-0.4, -0.2) is 45.3 Å². The number of aryl methyl sites for hydroxylation is 2. The van der Waals surface area contributed by atoms with Crippen LogP contribution >= 0.6 is 0 Å². The highest BCUT2D eigenvalue weighted by atomic mass is 16.4. The standard InChI is InChI=1S/C11H17N3O3/c1-8-7-14(3)12-10(8)11(17)13(2)6-4-5-9(15)16/h7H,4-6H2,1-3H3,(H,15,16). The van der Waals surface area contributed by atoms with Crippen molar-refractivity contribution in [3.8, 4) is 0 Å². The minimum atomic E-state index is -0.847. The maximum Gasteiger partial charge on any atom is 0.303 e. The maximum absolute atomic E-state index is 12.0. The molecule has 0 saturated carbocycles. The number of aromatic nitrogens is 2. The minimum Gasteiger partial charge on any atom is -0.481 e. The molecule has 6 heteroatoms. The van der Waals surface area contributed by atoms with Gasteiger partial charge in [0, 0.05) is 38.8 Å². The molecular weight excluding hydrogens is 222 g/mol. The van der Waals surface area contributed by atoms with Gasteiger partial charge >= 0.3 is 5.97 Å². The quantitative estimate of drug-likeness (QED) is 0.819. The Kier molecular flexibility index (Phi) is 4.25. The Labute approximate surface area is 99.8 Å². The first-order valence-corrected chi connectivity index (χ1v) is 5.39. The predicted octanol–water partition coefficient (Wildman–Crippen LogP) is 0.665. The summed E-state index contributed by atoms with van der Waals surface area (Å²) in [7, 11) is 3.41. The Morgan fingerprint density at radius 3 is 2.65 bits per heavy atom. The molecule has 1 N–H and O–H groups in total. The van der Waals surface area contributed by atoms with E-state index >= 15 is 0 Å². The Morgan fingerprint density at radius 1 is 1.53 bits per heavy atom. The molecule has 0 saturated heterocycles. The molecule has 0 radical (unpaired) electrons. The summed E-state index contributed by atoms with van der Waals surface area (Å²) in [5, 5.41) is 12.6. The summed E-state index contributed by atoms with van der Waals surface area (Å²) in [4.78, 5) is 23.8. The molecule has 1 aromatic rings. The summed E-state index contributed by atoms with van der Waals surface area (Å²) in [6, 6.07) is 0. The van der Waals surface area contributed by atoms with Crippen molar-refractivity contribution >= 4 is 11.9 Å². The summed E-state index contributed by atoms with van der Waals surface area (Å²) in [6.45, 7) is 2.24. The normalized spacial score (nSPS) is 10.3. The zero-order chi connectivity index (χ0) is 13.0. The topological polar surface area (TPSA) is 75.4 Å². The van der Waals surface area contributed by atoms with E-state index < -0.39 is 5.97 Å². The van der Waals surface area contributed by atoms with Gasteiger partial charge in [0.05, 0.1) is 0 Å². The van der Waals surface area contributed by atoms with Gasteiger partial charge in [0.2, 0.25) is 0 Å².